The van der Waals surface area contributed by atoms with Crippen molar-refractivity contribution >= 4 is 5.69 Å². The summed E-state index contributed by atoms with van der Waals surface area (Å²) in [7, 11) is 0. The number of aliphatic hydroxyl groups is 1. The van der Waals surface area contributed by atoms with Crippen molar-refractivity contribution in [2.24, 2.45) is 0 Å². The lowest BCUT2D eigenvalue weighted by Crippen LogP contribution is -2.50. The van der Waals surface area contributed by atoms with Gasteiger partial charge in [-0.1, -0.05) is 30.3 Å². The first-order valence-corrected chi connectivity index (χ1v) is 11.2. The van der Waals surface area contributed by atoms with Crippen molar-refractivity contribution in [2.45, 2.75) is 38.5 Å². The average Bonchev–Trinajstić information content (AvgIpc) is 2.78. The van der Waals surface area contributed by atoms with Crippen molar-refractivity contribution in [3.63, 3.8) is 0 Å². The molecular weight excluding hydrogens is 400 g/mol. The van der Waals surface area contributed by atoms with E-state index < -0.39 is 6.35 Å². The molecule has 1 unspecified atom stereocenters. The van der Waals surface area contributed by atoms with E-state index in [0.29, 0.717) is 6.54 Å². The Morgan fingerprint density at radius 3 is 2.28 bits per heavy atom. The molecule has 32 heavy (non-hydrogen) atoms. The Kier molecular flexibility index (Phi) is 6.74. The van der Waals surface area contributed by atoms with Crippen LogP contribution in [0.5, 0.6) is 5.88 Å². The van der Waals surface area contributed by atoms with E-state index in [1.165, 1.54) is 16.7 Å². The predicted octanol–water partition coefficient (Wildman–Crippen LogP) is 3.40. The Hall–Kier alpha value is -2.93. The number of nitrogens with zero attached hydrogens (tertiary/aromatic N) is 1. The number of hydrogen-bond donors (Lipinski definition) is 4. The van der Waals surface area contributed by atoms with E-state index in [1.54, 1.807) is 12.3 Å². The summed E-state index contributed by atoms with van der Waals surface area (Å²) in [5.41, 5.74) is 6.59. The largest absolute Gasteiger partial charge is 0.579 e. The van der Waals surface area contributed by atoms with Gasteiger partial charge in [0.1, 0.15) is 0 Å². The van der Waals surface area contributed by atoms with Crippen molar-refractivity contribution in [1.29, 1.82) is 0 Å². The van der Waals surface area contributed by atoms with Gasteiger partial charge in [0, 0.05) is 29.4 Å². The van der Waals surface area contributed by atoms with E-state index in [-0.39, 0.29) is 11.3 Å². The number of nitrogens with one attached hydrogen (secondary N) is 3. The van der Waals surface area contributed by atoms with Crippen LogP contribution in [0.25, 0.3) is 11.1 Å². The number of hydrogen-bond acceptors (Lipinski definition) is 5. The molecule has 2 heterocycles. The van der Waals surface area contributed by atoms with Crippen LogP contribution < -0.4 is 16.0 Å². The number of aliphatic hydroxyl groups excluding tert-OH is 1. The number of anilines is 1. The number of aryl methyl sites for hydroxylation is 2. The Bertz CT molecular complexity index is 1010. The Balaban J connectivity index is 1.47. The third kappa shape index (κ3) is 5.27. The Labute approximate surface area is 189 Å². The topological polar surface area (TPSA) is 92.1 Å². The van der Waals surface area contributed by atoms with Crippen LogP contribution in [0.1, 0.15) is 29.5 Å². The lowest BCUT2D eigenvalue weighted by atomic mass is 9.73. The standard InChI is InChI=1S/C26H32N4O2/c1-18-13-19(2)15-23(14-18)30-25(32)29-17-26(9-11-27-12-10-26)22-6-3-20(4-7-22)21-5-8-24(31)28-16-21/h3-8,13-16,25,27,29-30,32H,9-12,17H2,1-2H3,(H,28,31)/p+1. The maximum atomic E-state index is 10.6. The van der Waals surface area contributed by atoms with Crippen molar-refractivity contribution in [3.8, 4) is 17.0 Å². The highest BCUT2D eigenvalue weighted by Crippen LogP contribution is 2.34. The Morgan fingerprint density at radius 2 is 1.66 bits per heavy atom. The molecule has 0 amide bonds. The summed E-state index contributed by atoms with van der Waals surface area (Å²) < 4.78 is 0. The molecular formula is C26H33N4O2+. The molecule has 0 bridgehead atoms. The molecule has 1 aliphatic rings. The van der Waals surface area contributed by atoms with E-state index in [4.69, 9.17) is 5.11 Å². The normalized spacial score (nSPS) is 16.5. The lowest BCUT2D eigenvalue weighted by Gasteiger charge is -2.39. The van der Waals surface area contributed by atoms with Gasteiger partial charge in [0.2, 0.25) is 0 Å². The summed E-state index contributed by atoms with van der Waals surface area (Å²) in [6.45, 7) is 6.71. The second-order valence-corrected chi connectivity index (χ2v) is 8.84. The predicted molar refractivity (Wildman–Crippen MR) is 130 cm³/mol. The first kappa shape index (κ1) is 22.3. The minimum atomic E-state index is -0.823. The van der Waals surface area contributed by atoms with Gasteiger partial charge in [0.25, 0.3) is 0 Å². The highest BCUT2D eigenvalue weighted by molar-refractivity contribution is 5.63. The van der Waals surface area contributed by atoms with E-state index in [1.807, 2.05) is 18.2 Å². The molecule has 6 nitrogen and oxygen atoms in total. The molecule has 1 saturated heterocycles. The van der Waals surface area contributed by atoms with E-state index in [2.05, 4.69) is 65.1 Å². The first-order valence-electron chi connectivity index (χ1n) is 11.2. The zero-order valence-electron chi connectivity index (χ0n) is 18.8. The van der Waals surface area contributed by atoms with Crippen molar-refractivity contribution in [3.05, 3.63) is 77.5 Å². The smallest absolute Gasteiger partial charge is 0.356 e. The number of benzene rings is 2. The number of piperidine rings is 1. The SMILES string of the molecule is Cc1cc(C)cc(NC(O)NCC2(c3ccc(-c4ccc([OH2+])nc4)cc3)CCNCC2)c1. The van der Waals surface area contributed by atoms with Gasteiger partial charge in [-0.25, -0.2) is 0 Å². The molecule has 0 aliphatic carbocycles. The molecule has 6 N–H and O–H groups in total. The lowest BCUT2D eigenvalue weighted by molar-refractivity contribution is 0.146. The fourth-order valence-corrected chi connectivity index (χ4v) is 4.61. The maximum absolute atomic E-state index is 10.6. The molecule has 1 fully saturated rings. The zero-order chi connectivity index (χ0) is 22.6. The molecule has 6 heteroatoms. The van der Waals surface area contributed by atoms with Gasteiger partial charge in [-0.2, -0.15) is 4.98 Å². The average molecular weight is 434 g/mol. The van der Waals surface area contributed by atoms with Crippen LogP contribution in [0.3, 0.4) is 0 Å². The first-order chi connectivity index (χ1) is 15.4. The molecule has 168 valence electrons. The molecule has 0 spiro atoms. The summed E-state index contributed by atoms with van der Waals surface area (Å²) in [5, 5.41) is 28.2. The van der Waals surface area contributed by atoms with Gasteiger partial charge in [-0.3, -0.25) is 5.32 Å². The van der Waals surface area contributed by atoms with Gasteiger partial charge >= 0.3 is 5.88 Å². The highest BCUT2D eigenvalue weighted by Gasteiger charge is 2.34. The molecule has 1 aromatic heterocycles. The van der Waals surface area contributed by atoms with Crippen LogP contribution in [0, 0.1) is 13.8 Å². The van der Waals surface area contributed by atoms with Crippen molar-refractivity contribution < 1.29 is 10.2 Å². The summed E-state index contributed by atoms with van der Waals surface area (Å²) in [5.74, 6) is 0.276. The van der Waals surface area contributed by atoms with Gasteiger partial charge in [-0.05, 0) is 80.2 Å². The third-order valence-corrected chi connectivity index (χ3v) is 6.31. The van der Waals surface area contributed by atoms with Gasteiger partial charge in [0.05, 0.1) is 6.07 Å². The summed E-state index contributed by atoms with van der Waals surface area (Å²) in [4.78, 5) is 4.09. The molecule has 0 radical (unpaired) electrons. The number of aromatic nitrogens is 1. The molecule has 1 atom stereocenters. The van der Waals surface area contributed by atoms with Crippen molar-refractivity contribution in [1.82, 2.24) is 15.6 Å². The van der Waals surface area contributed by atoms with Gasteiger partial charge in [0.15, 0.2) is 6.35 Å². The Morgan fingerprint density at radius 1 is 1.00 bits per heavy atom. The number of pyridine rings is 1. The van der Waals surface area contributed by atoms with Crippen LogP contribution in [-0.4, -0.2) is 41.2 Å². The minimum absolute atomic E-state index is 0.0434. The number of rotatable bonds is 7. The monoisotopic (exact) mass is 433 g/mol. The molecule has 4 rings (SSSR count). The quantitative estimate of drug-likeness (QED) is 0.339. The van der Waals surface area contributed by atoms with Crippen LogP contribution in [0.15, 0.2) is 60.8 Å². The van der Waals surface area contributed by atoms with E-state index >= 15 is 0 Å². The molecule has 1 aliphatic heterocycles. The minimum Gasteiger partial charge on any atom is -0.579 e. The van der Waals surface area contributed by atoms with Gasteiger partial charge in [-0.15, -0.1) is 0 Å². The molecule has 2 aromatic carbocycles. The maximum Gasteiger partial charge on any atom is 0.356 e. The third-order valence-electron chi connectivity index (χ3n) is 6.31. The van der Waals surface area contributed by atoms with Gasteiger partial charge < -0.3 is 20.8 Å². The second kappa shape index (κ2) is 9.69. The fraction of sp³-hybridized carbons (Fsp3) is 0.346. The molecule has 0 saturated carbocycles. The van der Waals surface area contributed by atoms with Crippen LogP contribution >= 0.6 is 0 Å². The van der Waals surface area contributed by atoms with Crippen LogP contribution in [0.2, 0.25) is 0 Å². The summed E-state index contributed by atoms with van der Waals surface area (Å²) in [6, 6.07) is 18.5. The van der Waals surface area contributed by atoms with Crippen LogP contribution in [-0.2, 0) is 5.41 Å². The van der Waals surface area contributed by atoms with Crippen molar-refractivity contribution in [2.75, 3.05) is 25.0 Å². The van der Waals surface area contributed by atoms with E-state index in [0.717, 1.165) is 42.7 Å². The van der Waals surface area contributed by atoms with E-state index in [9.17, 15) is 5.11 Å². The second-order valence-electron chi connectivity index (χ2n) is 8.84. The summed E-state index contributed by atoms with van der Waals surface area (Å²) in [6.07, 6.45) is 2.93. The molecule has 3 aromatic rings. The zero-order valence-corrected chi connectivity index (χ0v) is 18.8. The summed E-state index contributed by atoms with van der Waals surface area (Å²) >= 11 is 0. The highest BCUT2D eigenvalue weighted by atomic mass is 16.3. The van der Waals surface area contributed by atoms with Crippen LogP contribution in [0.4, 0.5) is 5.69 Å². The fourth-order valence-electron chi connectivity index (χ4n) is 4.61.